The van der Waals surface area contributed by atoms with E-state index in [9.17, 15) is 9.50 Å². The normalized spacial score (nSPS) is 16.7. The Morgan fingerprint density at radius 2 is 1.94 bits per heavy atom. The van der Waals surface area contributed by atoms with E-state index in [1.807, 2.05) is 0 Å². The minimum Gasteiger partial charge on any atom is -0.490 e. The van der Waals surface area contributed by atoms with Gasteiger partial charge in [0.15, 0.2) is 11.5 Å². The fourth-order valence-electron chi connectivity index (χ4n) is 1.77. The van der Waals surface area contributed by atoms with Crippen molar-refractivity contribution in [3.8, 4) is 11.5 Å². The number of ether oxygens (including phenoxy) is 2. The minimum absolute atomic E-state index is 0.194. The highest BCUT2D eigenvalue weighted by atomic mass is 19.1. The van der Waals surface area contributed by atoms with Gasteiger partial charge in [-0.3, -0.25) is 0 Å². The molecule has 1 heterocycles. The number of hydrogen-bond donors (Lipinski definition) is 1. The van der Waals surface area contributed by atoms with Crippen LogP contribution in [0.25, 0.3) is 0 Å². The van der Waals surface area contributed by atoms with E-state index in [1.54, 1.807) is 12.1 Å². The summed E-state index contributed by atoms with van der Waals surface area (Å²) in [5.74, 6) is 1.15. The van der Waals surface area contributed by atoms with Gasteiger partial charge in [-0.2, -0.15) is 0 Å². The lowest BCUT2D eigenvalue weighted by Crippen LogP contribution is -1.99. The van der Waals surface area contributed by atoms with Gasteiger partial charge in [0.1, 0.15) is 6.17 Å². The average Bonchev–Trinajstić information content (AvgIpc) is 2.51. The quantitative estimate of drug-likeness (QED) is 0.841. The van der Waals surface area contributed by atoms with Crippen molar-refractivity contribution in [1.82, 2.24) is 0 Å². The lowest BCUT2D eigenvalue weighted by atomic mass is 10.0. The molecule has 1 unspecified atom stereocenters. The van der Waals surface area contributed by atoms with Crippen molar-refractivity contribution < 1.29 is 19.0 Å². The third-order valence-electron chi connectivity index (χ3n) is 2.61. The molecule has 0 spiro atoms. The Hall–Kier alpha value is -1.29. The van der Waals surface area contributed by atoms with E-state index in [0.29, 0.717) is 35.8 Å². The van der Waals surface area contributed by atoms with Gasteiger partial charge in [-0.25, -0.2) is 4.39 Å². The Morgan fingerprint density at radius 3 is 2.50 bits per heavy atom. The van der Waals surface area contributed by atoms with E-state index < -0.39 is 6.17 Å². The molecule has 0 saturated heterocycles. The molecule has 1 aromatic carbocycles. The number of benzene rings is 1. The SMILES string of the molecule is CC(F)c1cc2c(cc1CO)OCCCO2. The van der Waals surface area contributed by atoms with Crippen LogP contribution in [0, 0.1) is 0 Å². The van der Waals surface area contributed by atoms with Gasteiger partial charge in [-0.05, 0) is 30.2 Å². The van der Waals surface area contributed by atoms with Gasteiger partial charge in [-0.15, -0.1) is 0 Å². The first-order valence-electron chi connectivity index (χ1n) is 5.39. The van der Waals surface area contributed by atoms with E-state index in [-0.39, 0.29) is 6.61 Å². The smallest absolute Gasteiger partial charge is 0.161 e. The molecule has 1 N–H and O–H groups in total. The molecular weight excluding hydrogens is 211 g/mol. The Balaban J connectivity index is 2.44. The number of hydrogen-bond acceptors (Lipinski definition) is 3. The molecule has 0 amide bonds. The number of fused-ring (bicyclic) bond motifs is 1. The van der Waals surface area contributed by atoms with Crippen molar-refractivity contribution >= 4 is 0 Å². The van der Waals surface area contributed by atoms with Crippen LogP contribution in [0.5, 0.6) is 11.5 Å². The van der Waals surface area contributed by atoms with Crippen LogP contribution in [0.2, 0.25) is 0 Å². The van der Waals surface area contributed by atoms with Crippen LogP contribution >= 0.6 is 0 Å². The summed E-state index contributed by atoms with van der Waals surface area (Å²) in [6.07, 6.45) is -0.316. The summed E-state index contributed by atoms with van der Waals surface area (Å²) in [7, 11) is 0. The monoisotopic (exact) mass is 226 g/mol. The number of aliphatic hydroxyl groups excluding tert-OH is 1. The molecule has 2 rings (SSSR count). The Morgan fingerprint density at radius 1 is 1.31 bits per heavy atom. The number of halogens is 1. The molecule has 1 aromatic rings. The standard InChI is InChI=1S/C12H15FO3/c1-8(13)10-6-12-11(5-9(10)7-14)15-3-2-4-16-12/h5-6,8,14H,2-4,7H2,1H3. The van der Waals surface area contributed by atoms with E-state index in [1.165, 1.54) is 6.92 Å². The summed E-state index contributed by atoms with van der Waals surface area (Å²) in [5.41, 5.74) is 1.02. The van der Waals surface area contributed by atoms with E-state index in [2.05, 4.69) is 0 Å². The zero-order valence-corrected chi connectivity index (χ0v) is 9.20. The second kappa shape index (κ2) is 4.70. The molecule has 0 bridgehead atoms. The van der Waals surface area contributed by atoms with Crippen LogP contribution in [0.15, 0.2) is 12.1 Å². The van der Waals surface area contributed by atoms with Gasteiger partial charge in [0.25, 0.3) is 0 Å². The van der Waals surface area contributed by atoms with Crippen molar-refractivity contribution in [2.45, 2.75) is 26.1 Å². The summed E-state index contributed by atoms with van der Waals surface area (Å²) in [4.78, 5) is 0. The Bertz CT molecular complexity index is 377. The summed E-state index contributed by atoms with van der Waals surface area (Å²) >= 11 is 0. The van der Waals surface area contributed by atoms with Gasteiger partial charge in [0, 0.05) is 6.42 Å². The summed E-state index contributed by atoms with van der Waals surface area (Å²) < 4.78 is 24.3. The first kappa shape index (κ1) is 11.2. The van der Waals surface area contributed by atoms with Gasteiger partial charge in [0.05, 0.1) is 19.8 Å². The second-order valence-electron chi connectivity index (χ2n) is 3.82. The molecular formula is C12H15FO3. The van der Waals surface area contributed by atoms with Gasteiger partial charge < -0.3 is 14.6 Å². The van der Waals surface area contributed by atoms with Crippen LogP contribution in [0.4, 0.5) is 4.39 Å². The fraction of sp³-hybridized carbons (Fsp3) is 0.500. The van der Waals surface area contributed by atoms with Gasteiger partial charge >= 0.3 is 0 Å². The molecule has 4 heteroatoms. The zero-order valence-electron chi connectivity index (χ0n) is 9.20. The molecule has 0 radical (unpaired) electrons. The van der Waals surface area contributed by atoms with Crippen LogP contribution in [0.3, 0.4) is 0 Å². The third kappa shape index (κ3) is 2.11. The summed E-state index contributed by atoms with van der Waals surface area (Å²) in [5, 5.41) is 9.18. The van der Waals surface area contributed by atoms with Gasteiger partial charge in [0.2, 0.25) is 0 Å². The predicted octanol–water partition coefficient (Wildman–Crippen LogP) is 2.37. The van der Waals surface area contributed by atoms with E-state index >= 15 is 0 Å². The van der Waals surface area contributed by atoms with E-state index in [0.717, 1.165) is 6.42 Å². The van der Waals surface area contributed by atoms with Crippen molar-refractivity contribution in [1.29, 1.82) is 0 Å². The maximum Gasteiger partial charge on any atom is 0.161 e. The molecule has 16 heavy (non-hydrogen) atoms. The zero-order chi connectivity index (χ0) is 11.5. The van der Waals surface area contributed by atoms with Crippen LogP contribution in [-0.2, 0) is 6.61 Å². The van der Waals surface area contributed by atoms with E-state index in [4.69, 9.17) is 9.47 Å². The highest BCUT2D eigenvalue weighted by Gasteiger charge is 2.17. The largest absolute Gasteiger partial charge is 0.490 e. The Kier molecular flexibility index (Phi) is 3.29. The number of alkyl halides is 1. The maximum atomic E-state index is 13.3. The Labute approximate surface area is 93.8 Å². The molecule has 0 saturated carbocycles. The van der Waals surface area contributed by atoms with Crippen LogP contribution in [-0.4, -0.2) is 18.3 Å². The van der Waals surface area contributed by atoms with Gasteiger partial charge in [-0.1, -0.05) is 0 Å². The van der Waals surface area contributed by atoms with Crippen molar-refractivity contribution in [3.63, 3.8) is 0 Å². The minimum atomic E-state index is -1.13. The summed E-state index contributed by atoms with van der Waals surface area (Å²) in [6, 6.07) is 3.28. The molecule has 1 aliphatic rings. The molecule has 1 aliphatic heterocycles. The lowest BCUT2D eigenvalue weighted by Gasteiger charge is -2.14. The number of rotatable bonds is 2. The van der Waals surface area contributed by atoms with Crippen molar-refractivity contribution in [2.24, 2.45) is 0 Å². The summed E-state index contributed by atoms with van der Waals surface area (Å²) in [6.45, 7) is 2.41. The van der Waals surface area contributed by atoms with Crippen LogP contribution < -0.4 is 9.47 Å². The lowest BCUT2D eigenvalue weighted by molar-refractivity contribution is 0.272. The molecule has 0 fully saturated rings. The second-order valence-corrected chi connectivity index (χ2v) is 3.82. The predicted molar refractivity (Wildman–Crippen MR) is 57.5 cm³/mol. The van der Waals surface area contributed by atoms with Crippen LogP contribution in [0.1, 0.15) is 30.6 Å². The first-order valence-corrected chi connectivity index (χ1v) is 5.39. The highest BCUT2D eigenvalue weighted by Crippen LogP contribution is 2.35. The molecule has 3 nitrogen and oxygen atoms in total. The highest BCUT2D eigenvalue weighted by molar-refractivity contribution is 5.48. The fourth-order valence-corrected chi connectivity index (χ4v) is 1.77. The molecule has 1 atom stereocenters. The molecule has 88 valence electrons. The van der Waals surface area contributed by atoms with Crippen molar-refractivity contribution in [3.05, 3.63) is 23.3 Å². The third-order valence-corrected chi connectivity index (χ3v) is 2.61. The molecule has 0 aliphatic carbocycles. The topological polar surface area (TPSA) is 38.7 Å². The average molecular weight is 226 g/mol. The maximum absolute atomic E-state index is 13.3. The first-order chi connectivity index (χ1) is 7.72. The van der Waals surface area contributed by atoms with Crippen molar-refractivity contribution in [2.75, 3.05) is 13.2 Å². The number of aliphatic hydroxyl groups is 1. The molecule has 0 aromatic heterocycles.